The van der Waals surface area contributed by atoms with Crippen molar-refractivity contribution in [2.24, 2.45) is 0 Å². The van der Waals surface area contributed by atoms with Gasteiger partial charge in [0.1, 0.15) is 12.2 Å². The first-order valence-electron chi connectivity index (χ1n) is 10.1. The topological polar surface area (TPSA) is 144 Å². The molecule has 29 heavy (non-hydrogen) atoms. The Morgan fingerprint density at radius 2 is 1.48 bits per heavy atom. The minimum Gasteiger partial charge on any atom is -0.386 e. The van der Waals surface area contributed by atoms with Crippen LogP contribution in [0.15, 0.2) is 24.3 Å². The zero-order valence-corrected chi connectivity index (χ0v) is 17.0. The van der Waals surface area contributed by atoms with Gasteiger partial charge in [0, 0.05) is 22.7 Å². The van der Waals surface area contributed by atoms with Gasteiger partial charge in [0.15, 0.2) is 6.29 Å². The first kappa shape index (κ1) is 26.9. The van der Waals surface area contributed by atoms with E-state index in [4.69, 9.17) is 0 Å². The zero-order chi connectivity index (χ0) is 22.1. The maximum Gasteiger partial charge on any atom is 0.242 e. The first-order chi connectivity index (χ1) is 13.8. The Morgan fingerprint density at radius 3 is 2.07 bits per heavy atom. The molecule has 0 aliphatic heterocycles. The Bertz CT molecular complexity index is 537. The van der Waals surface area contributed by atoms with Crippen LogP contribution in [0.2, 0.25) is 0 Å². The molecular formula is C20H33N2O7. The molecule has 0 aromatic rings. The van der Waals surface area contributed by atoms with Crippen LogP contribution in [0.3, 0.4) is 0 Å². The predicted molar refractivity (Wildman–Crippen MR) is 109 cm³/mol. The fourth-order valence-electron chi connectivity index (χ4n) is 2.90. The maximum absolute atomic E-state index is 11.3. The van der Waals surface area contributed by atoms with Crippen molar-refractivity contribution < 1.29 is 24.9 Å². The molecule has 9 nitrogen and oxygen atoms in total. The lowest BCUT2D eigenvalue weighted by molar-refractivity contribution is -0.553. The van der Waals surface area contributed by atoms with Crippen LogP contribution in [0, 0.1) is 20.2 Å². The van der Waals surface area contributed by atoms with E-state index in [0.717, 1.165) is 38.5 Å². The molecule has 1 radical (unpaired) electrons. The summed E-state index contributed by atoms with van der Waals surface area (Å²) in [6.45, 7) is 1.89. The van der Waals surface area contributed by atoms with E-state index in [1.54, 1.807) is 24.3 Å². The molecule has 9 heteroatoms. The molecule has 0 fully saturated rings. The van der Waals surface area contributed by atoms with E-state index < -0.39 is 40.6 Å². The highest BCUT2D eigenvalue weighted by molar-refractivity contribution is 5.50. The maximum atomic E-state index is 11.3. The Kier molecular flexibility index (Phi) is 15.6. The lowest BCUT2D eigenvalue weighted by Gasteiger charge is -2.20. The van der Waals surface area contributed by atoms with Crippen molar-refractivity contribution >= 4 is 6.29 Å². The van der Waals surface area contributed by atoms with E-state index in [9.17, 15) is 35.2 Å². The van der Waals surface area contributed by atoms with Gasteiger partial charge in [-0.05, 0) is 32.1 Å². The minimum absolute atomic E-state index is 0.0372. The third kappa shape index (κ3) is 12.8. The standard InChI is InChI=1S/C20H33N2O7/c1-2-3-10-14-19(24)18(22(28)29)16-20(25)17(21(26)27)13-11-8-6-4-5-7-9-12-15-23/h3,8,10-11,17-20,24-25H,2,4-7,9,12-14,16H2,1H3/b10-3-,11-8-. The van der Waals surface area contributed by atoms with E-state index in [2.05, 4.69) is 0 Å². The number of aliphatic hydroxyl groups excluding tert-OH is 2. The largest absolute Gasteiger partial charge is 0.386 e. The second-order valence-electron chi connectivity index (χ2n) is 7.00. The van der Waals surface area contributed by atoms with Crippen molar-refractivity contribution in [1.29, 1.82) is 0 Å². The number of nitro groups is 2. The van der Waals surface area contributed by atoms with Crippen molar-refractivity contribution in [3.8, 4) is 0 Å². The number of nitrogens with zero attached hydrogens (tertiary/aromatic N) is 2. The Balaban J connectivity index is 4.58. The molecule has 4 atom stereocenters. The van der Waals surface area contributed by atoms with E-state index in [0.29, 0.717) is 6.42 Å². The van der Waals surface area contributed by atoms with Crippen LogP contribution in [-0.2, 0) is 4.79 Å². The first-order valence-corrected chi connectivity index (χ1v) is 10.1. The van der Waals surface area contributed by atoms with Gasteiger partial charge in [-0.25, -0.2) is 0 Å². The average molecular weight is 413 g/mol. The number of hydrogen-bond acceptors (Lipinski definition) is 7. The normalized spacial score (nSPS) is 16.0. The van der Waals surface area contributed by atoms with Crippen LogP contribution in [0.1, 0.15) is 71.1 Å². The van der Waals surface area contributed by atoms with Gasteiger partial charge in [-0.2, -0.15) is 0 Å². The van der Waals surface area contributed by atoms with Crippen molar-refractivity contribution in [2.75, 3.05) is 0 Å². The van der Waals surface area contributed by atoms with Crippen LogP contribution >= 0.6 is 0 Å². The molecule has 4 unspecified atom stereocenters. The quantitative estimate of drug-likeness (QED) is 0.152. The molecule has 0 amide bonds. The third-order valence-electron chi connectivity index (χ3n) is 4.64. The zero-order valence-electron chi connectivity index (χ0n) is 17.0. The fourth-order valence-corrected chi connectivity index (χ4v) is 2.90. The number of rotatable bonds is 18. The second-order valence-corrected chi connectivity index (χ2v) is 7.00. The Morgan fingerprint density at radius 1 is 0.862 bits per heavy atom. The second kappa shape index (κ2) is 16.8. The summed E-state index contributed by atoms with van der Waals surface area (Å²) >= 11 is 0. The Labute approximate surface area is 171 Å². The monoisotopic (exact) mass is 413 g/mol. The average Bonchev–Trinajstić information content (AvgIpc) is 2.67. The number of aliphatic hydroxyl groups is 2. The van der Waals surface area contributed by atoms with Crippen molar-refractivity contribution in [3.05, 3.63) is 44.5 Å². The van der Waals surface area contributed by atoms with Crippen LogP contribution in [0.5, 0.6) is 0 Å². The predicted octanol–water partition coefficient (Wildman–Crippen LogP) is 3.14. The van der Waals surface area contributed by atoms with Gasteiger partial charge < -0.3 is 10.2 Å². The molecule has 0 bridgehead atoms. The molecule has 0 aliphatic carbocycles. The highest BCUT2D eigenvalue weighted by Crippen LogP contribution is 2.17. The molecule has 165 valence electrons. The van der Waals surface area contributed by atoms with Gasteiger partial charge in [-0.15, -0.1) is 0 Å². The van der Waals surface area contributed by atoms with Gasteiger partial charge in [0.05, 0.1) is 6.42 Å². The molecule has 0 saturated carbocycles. The summed E-state index contributed by atoms with van der Waals surface area (Å²) in [5.41, 5.74) is 0. The van der Waals surface area contributed by atoms with Gasteiger partial charge in [-0.3, -0.25) is 25.0 Å². The third-order valence-corrected chi connectivity index (χ3v) is 4.64. The summed E-state index contributed by atoms with van der Waals surface area (Å²) in [4.78, 5) is 31.3. The molecule has 0 spiro atoms. The number of unbranched alkanes of at least 4 members (excludes halogenated alkanes) is 5. The summed E-state index contributed by atoms with van der Waals surface area (Å²) in [5.74, 6) is 0. The van der Waals surface area contributed by atoms with Crippen LogP contribution < -0.4 is 0 Å². The van der Waals surface area contributed by atoms with E-state index in [-0.39, 0.29) is 12.8 Å². The lowest BCUT2D eigenvalue weighted by atomic mass is 9.96. The number of allylic oxidation sites excluding steroid dienone is 2. The molecule has 0 aromatic carbocycles. The van der Waals surface area contributed by atoms with Crippen LogP contribution in [-0.4, -0.2) is 50.6 Å². The highest BCUT2D eigenvalue weighted by Gasteiger charge is 2.38. The van der Waals surface area contributed by atoms with Crippen molar-refractivity contribution in [3.63, 3.8) is 0 Å². The van der Waals surface area contributed by atoms with E-state index >= 15 is 0 Å². The highest BCUT2D eigenvalue weighted by atomic mass is 16.6. The summed E-state index contributed by atoms with van der Waals surface area (Å²) < 4.78 is 0. The van der Waals surface area contributed by atoms with Gasteiger partial charge in [0.2, 0.25) is 12.1 Å². The smallest absolute Gasteiger partial charge is 0.242 e. The Hall–Kier alpha value is -2.13. The molecule has 0 rings (SSSR count). The fraction of sp³-hybridized carbons (Fsp3) is 0.750. The SMILES string of the molecule is CC/C=C\CC(O)C(CC(O)C(C/C=C\CCCCCC[C]=O)[N+](=O)[O-])[N+](=O)[O-]. The molecule has 2 N–H and O–H groups in total. The van der Waals surface area contributed by atoms with Gasteiger partial charge >= 0.3 is 0 Å². The molecule has 0 heterocycles. The summed E-state index contributed by atoms with van der Waals surface area (Å²) in [5, 5.41) is 42.7. The van der Waals surface area contributed by atoms with Crippen LogP contribution in [0.4, 0.5) is 0 Å². The van der Waals surface area contributed by atoms with Crippen LogP contribution in [0.25, 0.3) is 0 Å². The summed E-state index contributed by atoms with van der Waals surface area (Å²) in [6.07, 6.45) is 10.8. The summed E-state index contributed by atoms with van der Waals surface area (Å²) in [6, 6.07) is -2.84. The minimum atomic E-state index is -1.53. The summed E-state index contributed by atoms with van der Waals surface area (Å²) in [7, 11) is 0. The molecule has 0 aliphatic rings. The number of carbonyl (C=O) groups excluding carboxylic acids is 1. The molecule has 0 saturated heterocycles. The van der Waals surface area contributed by atoms with Gasteiger partial charge in [-0.1, -0.05) is 44.1 Å². The number of hydrogen-bond donors (Lipinski definition) is 2. The van der Waals surface area contributed by atoms with E-state index in [1.165, 1.54) is 0 Å². The van der Waals surface area contributed by atoms with Gasteiger partial charge in [0.25, 0.3) is 0 Å². The lowest BCUT2D eigenvalue weighted by Crippen LogP contribution is -2.42. The van der Waals surface area contributed by atoms with Crippen molar-refractivity contribution in [1.82, 2.24) is 0 Å². The molecule has 0 aromatic heterocycles. The van der Waals surface area contributed by atoms with E-state index in [1.807, 2.05) is 13.2 Å². The van der Waals surface area contributed by atoms with Crippen molar-refractivity contribution in [2.45, 2.75) is 95.4 Å². The molecular weight excluding hydrogens is 380 g/mol.